The molecule has 0 saturated carbocycles. The number of carboxylic acid groups (broad SMARTS) is 2. The number of hydrogen-bond acceptors (Lipinski definition) is 5. The van der Waals surface area contributed by atoms with Crippen LogP contribution in [-0.4, -0.2) is 37.5 Å². The van der Waals surface area contributed by atoms with Crippen molar-refractivity contribution in [1.82, 2.24) is 0 Å². The third-order valence-corrected chi connectivity index (χ3v) is 4.81. The molecule has 0 spiro atoms. The zero-order valence-corrected chi connectivity index (χ0v) is 18.1. The van der Waals surface area contributed by atoms with E-state index in [1.165, 1.54) is 70.6 Å². The van der Waals surface area contributed by atoms with Crippen molar-refractivity contribution in [2.75, 3.05) is 0 Å². The van der Waals surface area contributed by atoms with Gasteiger partial charge in [-0.1, -0.05) is 84.0 Å². The molecule has 172 valence electrons. The summed E-state index contributed by atoms with van der Waals surface area (Å²) >= 11 is 0. The SMILES string of the molecule is CCCCCCCCCCCCCCCC(=O)O.O=C(O)c1cc(O)c(O)c(O)c1. The number of carbonyl (C=O) groups is 2. The van der Waals surface area contributed by atoms with Gasteiger partial charge in [-0.15, -0.1) is 0 Å². The van der Waals surface area contributed by atoms with E-state index in [4.69, 9.17) is 25.5 Å². The van der Waals surface area contributed by atoms with Gasteiger partial charge in [0.1, 0.15) is 0 Å². The van der Waals surface area contributed by atoms with Crippen LogP contribution in [0.1, 0.15) is 107 Å². The summed E-state index contributed by atoms with van der Waals surface area (Å²) in [7, 11) is 0. The highest BCUT2D eigenvalue weighted by Gasteiger charge is 2.11. The number of hydrogen-bond donors (Lipinski definition) is 5. The van der Waals surface area contributed by atoms with Gasteiger partial charge in [0.05, 0.1) is 5.56 Å². The molecule has 0 aromatic heterocycles. The van der Waals surface area contributed by atoms with E-state index < -0.39 is 29.2 Å². The van der Waals surface area contributed by atoms with E-state index >= 15 is 0 Å². The first-order valence-electron chi connectivity index (χ1n) is 11.0. The van der Waals surface area contributed by atoms with Gasteiger partial charge in [-0.3, -0.25) is 4.79 Å². The van der Waals surface area contributed by atoms with Gasteiger partial charge in [0, 0.05) is 6.42 Å². The molecule has 0 bridgehead atoms. The van der Waals surface area contributed by atoms with Crippen molar-refractivity contribution in [1.29, 1.82) is 0 Å². The summed E-state index contributed by atoms with van der Waals surface area (Å²) < 4.78 is 0. The highest BCUT2D eigenvalue weighted by Crippen LogP contribution is 2.35. The first-order valence-corrected chi connectivity index (χ1v) is 11.0. The van der Waals surface area contributed by atoms with Gasteiger partial charge in [-0.05, 0) is 18.6 Å². The molecular weight excluding hydrogens is 388 g/mol. The Morgan fingerprint density at radius 1 is 0.667 bits per heavy atom. The van der Waals surface area contributed by atoms with Crippen LogP contribution in [0.4, 0.5) is 0 Å². The average molecular weight is 427 g/mol. The van der Waals surface area contributed by atoms with E-state index in [0.29, 0.717) is 6.42 Å². The lowest BCUT2D eigenvalue weighted by Crippen LogP contribution is -1.95. The molecule has 1 aromatic carbocycles. The largest absolute Gasteiger partial charge is 0.504 e. The summed E-state index contributed by atoms with van der Waals surface area (Å²) in [5.41, 5.74) is -0.289. The summed E-state index contributed by atoms with van der Waals surface area (Å²) in [6.45, 7) is 2.26. The van der Waals surface area contributed by atoms with Crippen molar-refractivity contribution in [3.63, 3.8) is 0 Å². The summed E-state index contributed by atoms with van der Waals surface area (Å²) in [5, 5.41) is 43.4. The number of unbranched alkanes of at least 4 members (excludes halogenated alkanes) is 12. The van der Waals surface area contributed by atoms with Crippen LogP contribution in [0.5, 0.6) is 17.2 Å². The molecule has 0 fully saturated rings. The number of phenolic OH excluding ortho intramolecular Hbond substituents is 3. The predicted molar refractivity (Wildman–Crippen MR) is 116 cm³/mol. The minimum atomic E-state index is -1.29. The average Bonchev–Trinajstić information content (AvgIpc) is 2.69. The highest BCUT2D eigenvalue weighted by molar-refractivity contribution is 5.89. The molecule has 0 aliphatic rings. The molecule has 0 aliphatic carbocycles. The van der Waals surface area contributed by atoms with Crippen LogP contribution < -0.4 is 0 Å². The fourth-order valence-corrected chi connectivity index (χ4v) is 3.02. The van der Waals surface area contributed by atoms with E-state index in [2.05, 4.69) is 6.92 Å². The molecule has 0 radical (unpaired) electrons. The molecule has 0 unspecified atom stereocenters. The number of aromatic hydroxyl groups is 3. The van der Waals surface area contributed by atoms with Gasteiger partial charge in [-0.2, -0.15) is 0 Å². The summed E-state index contributed by atoms with van der Waals surface area (Å²) in [6, 6.07) is 1.69. The predicted octanol–water partition coefficient (Wildman–Crippen LogP) is 6.05. The van der Waals surface area contributed by atoms with E-state index in [0.717, 1.165) is 25.0 Å². The minimum Gasteiger partial charge on any atom is -0.504 e. The van der Waals surface area contributed by atoms with Gasteiger partial charge in [-0.25, -0.2) is 4.79 Å². The first-order chi connectivity index (χ1) is 14.3. The topological polar surface area (TPSA) is 135 Å². The van der Waals surface area contributed by atoms with Crippen LogP contribution in [-0.2, 0) is 4.79 Å². The molecule has 5 N–H and O–H groups in total. The molecule has 0 amide bonds. The molecule has 0 saturated heterocycles. The van der Waals surface area contributed by atoms with E-state index in [-0.39, 0.29) is 5.56 Å². The van der Waals surface area contributed by atoms with Crippen LogP contribution in [0.25, 0.3) is 0 Å². The second-order valence-electron chi connectivity index (χ2n) is 7.55. The molecule has 7 nitrogen and oxygen atoms in total. The molecule has 7 heteroatoms. The third-order valence-electron chi connectivity index (χ3n) is 4.81. The smallest absolute Gasteiger partial charge is 0.335 e. The van der Waals surface area contributed by atoms with E-state index in [9.17, 15) is 9.59 Å². The second-order valence-corrected chi connectivity index (χ2v) is 7.55. The standard InChI is InChI=1S/C16H32O2.C7H6O5/c1-2-3-4-5-6-7-8-9-10-11-12-13-14-15-16(17)18;8-4-1-3(7(11)12)2-5(9)6(4)10/h2-15H2,1H3,(H,17,18);1-2,8-10H,(H,11,12). The Morgan fingerprint density at radius 3 is 1.37 bits per heavy atom. The number of aromatic carboxylic acids is 1. The van der Waals surface area contributed by atoms with Crippen LogP contribution in [0, 0.1) is 0 Å². The van der Waals surface area contributed by atoms with E-state index in [1.807, 2.05) is 0 Å². The van der Waals surface area contributed by atoms with Gasteiger partial charge < -0.3 is 25.5 Å². The Kier molecular flexibility index (Phi) is 16.0. The summed E-state index contributed by atoms with van der Waals surface area (Å²) in [6.07, 6.45) is 17.3. The Morgan fingerprint density at radius 2 is 1.03 bits per heavy atom. The number of aliphatic carboxylic acids is 1. The lowest BCUT2D eigenvalue weighted by molar-refractivity contribution is -0.137. The lowest BCUT2D eigenvalue weighted by Gasteiger charge is -2.02. The Hall–Kier alpha value is -2.44. The van der Waals surface area contributed by atoms with Gasteiger partial charge in [0.15, 0.2) is 17.2 Å². The van der Waals surface area contributed by atoms with Crippen molar-refractivity contribution >= 4 is 11.9 Å². The molecule has 0 heterocycles. The van der Waals surface area contributed by atoms with Gasteiger partial charge in [0.25, 0.3) is 0 Å². The highest BCUT2D eigenvalue weighted by atomic mass is 16.4. The van der Waals surface area contributed by atoms with Crippen molar-refractivity contribution in [2.45, 2.75) is 96.8 Å². The summed E-state index contributed by atoms with van der Waals surface area (Å²) in [5.74, 6) is -3.99. The maximum absolute atomic E-state index is 10.3. The van der Waals surface area contributed by atoms with Crippen LogP contribution in [0.2, 0.25) is 0 Å². The first kappa shape index (κ1) is 27.6. The zero-order valence-electron chi connectivity index (χ0n) is 18.1. The third kappa shape index (κ3) is 14.5. The van der Waals surface area contributed by atoms with Crippen LogP contribution in [0.15, 0.2) is 12.1 Å². The van der Waals surface area contributed by atoms with Crippen molar-refractivity contribution in [3.05, 3.63) is 17.7 Å². The van der Waals surface area contributed by atoms with Gasteiger partial charge in [0.2, 0.25) is 0 Å². The number of rotatable bonds is 15. The monoisotopic (exact) mass is 426 g/mol. The second kappa shape index (κ2) is 17.4. The number of benzene rings is 1. The molecule has 30 heavy (non-hydrogen) atoms. The Bertz CT molecular complexity index is 591. The normalized spacial score (nSPS) is 10.3. The lowest BCUT2D eigenvalue weighted by atomic mass is 10.0. The maximum Gasteiger partial charge on any atom is 0.335 e. The molecule has 1 aromatic rings. The van der Waals surface area contributed by atoms with Crippen LogP contribution >= 0.6 is 0 Å². The van der Waals surface area contributed by atoms with Crippen molar-refractivity contribution < 1.29 is 35.1 Å². The Labute approximate surface area is 179 Å². The van der Waals surface area contributed by atoms with Crippen LogP contribution in [0.3, 0.4) is 0 Å². The molecule has 0 aliphatic heterocycles. The van der Waals surface area contributed by atoms with Crippen molar-refractivity contribution in [2.24, 2.45) is 0 Å². The van der Waals surface area contributed by atoms with E-state index in [1.54, 1.807) is 0 Å². The molecule has 1 rings (SSSR count). The van der Waals surface area contributed by atoms with Gasteiger partial charge >= 0.3 is 11.9 Å². The maximum atomic E-state index is 10.3. The Balaban J connectivity index is 0.000000604. The molecule has 0 atom stereocenters. The minimum absolute atomic E-state index is 0.289. The molecular formula is C23H38O7. The zero-order chi connectivity index (χ0) is 22.8. The fourth-order valence-electron chi connectivity index (χ4n) is 3.02. The number of carboxylic acids is 2. The van der Waals surface area contributed by atoms with Crippen molar-refractivity contribution in [3.8, 4) is 17.2 Å². The fraction of sp³-hybridized carbons (Fsp3) is 0.652. The number of phenols is 3. The quantitative estimate of drug-likeness (QED) is 0.170. The summed E-state index contributed by atoms with van der Waals surface area (Å²) in [4.78, 5) is 20.6.